The van der Waals surface area contributed by atoms with Gasteiger partial charge in [-0.05, 0) is 6.42 Å². The van der Waals surface area contributed by atoms with Crippen LogP contribution in [0.2, 0.25) is 0 Å². The van der Waals surface area contributed by atoms with Gasteiger partial charge in [-0.2, -0.15) is 0 Å². The molecular weight excluding hydrogens is 166 g/mol. The fraction of sp³-hybridized carbons (Fsp3) is 1.00. The van der Waals surface area contributed by atoms with Gasteiger partial charge in [-0.15, -0.1) is 12.4 Å². The molecule has 4 heteroatoms. The van der Waals surface area contributed by atoms with Gasteiger partial charge < -0.3 is 15.5 Å². The monoisotopic (exact) mass is 183 g/mol. The Hall–Kier alpha value is 0.170. The quantitative estimate of drug-likeness (QED) is 0.514. The van der Waals surface area contributed by atoms with Gasteiger partial charge in [0.1, 0.15) is 0 Å². The van der Waals surface area contributed by atoms with Crippen molar-refractivity contribution >= 4 is 12.4 Å². The van der Waals surface area contributed by atoms with Crippen LogP contribution in [0.4, 0.5) is 0 Å². The number of hydrogen-bond acceptors (Lipinski definition) is 3. The highest BCUT2D eigenvalue weighted by Gasteiger charge is 1.99. The molecule has 3 N–H and O–H groups in total. The van der Waals surface area contributed by atoms with E-state index in [1.54, 1.807) is 0 Å². The maximum absolute atomic E-state index is 9.13. The van der Waals surface area contributed by atoms with Crippen molar-refractivity contribution in [3.05, 3.63) is 0 Å². The molecule has 11 heavy (non-hydrogen) atoms. The Morgan fingerprint density at radius 3 is 2.55 bits per heavy atom. The van der Waals surface area contributed by atoms with Crippen LogP contribution in [-0.2, 0) is 0 Å². The number of aliphatic hydroxyl groups is 2. The Kier molecular flexibility index (Phi) is 12.7. The van der Waals surface area contributed by atoms with E-state index < -0.39 is 0 Å². The van der Waals surface area contributed by atoms with Crippen LogP contribution in [0.1, 0.15) is 19.8 Å². The van der Waals surface area contributed by atoms with Crippen LogP contribution in [-0.4, -0.2) is 36.0 Å². The number of aliphatic hydroxyl groups excluding tert-OH is 2. The summed E-state index contributed by atoms with van der Waals surface area (Å²) in [6.45, 7) is 3.34. The van der Waals surface area contributed by atoms with Crippen molar-refractivity contribution in [1.82, 2.24) is 5.32 Å². The van der Waals surface area contributed by atoms with Crippen molar-refractivity contribution in [2.75, 3.05) is 19.7 Å². The van der Waals surface area contributed by atoms with E-state index in [-0.39, 0.29) is 25.1 Å². The molecule has 0 saturated carbocycles. The Bertz CT molecular complexity index is 73.5. The third kappa shape index (κ3) is 10.2. The highest BCUT2D eigenvalue weighted by atomic mass is 35.5. The average molecular weight is 184 g/mol. The van der Waals surface area contributed by atoms with Crippen molar-refractivity contribution in [3.63, 3.8) is 0 Å². The molecule has 70 valence electrons. The molecule has 0 radical (unpaired) electrons. The molecule has 1 unspecified atom stereocenters. The molecule has 0 aromatic heterocycles. The van der Waals surface area contributed by atoms with Gasteiger partial charge in [0.15, 0.2) is 0 Å². The van der Waals surface area contributed by atoms with Crippen LogP contribution < -0.4 is 5.32 Å². The average Bonchev–Trinajstić information content (AvgIpc) is 1.89. The fourth-order valence-electron chi connectivity index (χ4n) is 0.783. The molecule has 0 aliphatic heterocycles. The first kappa shape index (κ1) is 13.7. The zero-order chi connectivity index (χ0) is 7.82. The molecule has 0 rings (SSSR count). The normalized spacial score (nSPS) is 12.3. The van der Waals surface area contributed by atoms with Crippen molar-refractivity contribution in [3.8, 4) is 0 Å². The van der Waals surface area contributed by atoms with Crippen LogP contribution >= 0.6 is 12.4 Å². The molecule has 0 saturated heterocycles. The van der Waals surface area contributed by atoms with E-state index in [0.29, 0.717) is 13.1 Å². The van der Waals surface area contributed by atoms with Crippen LogP contribution in [0.3, 0.4) is 0 Å². The van der Waals surface area contributed by atoms with Gasteiger partial charge in [0.25, 0.3) is 0 Å². The van der Waals surface area contributed by atoms with Gasteiger partial charge in [0.2, 0.25) is 0 Å². The first-order valence-electron chi connectivity index (χ1n) is 3.81. The van der Waals surface area contributed by atoms with Gasteiger partial charge >= 0.3 is 0 Å². The summed E-state index contributed by atoms with van der Waals surface area (Å²) in [5.74, 6) is 0. The zero-order valence-electron chi connectivity index (χ0n) is 6.92. The molecule has 0 aromatic carbocycles. The van der Waals surface area contributed by atoms with Crippen molar-refractivity contribution in [2.45, 2.75) is 25.9 Å². The Morgan fingerprint density at radius 2 is 2.09 bits per heavy atom. The molecule has 3 nitrogen and oxygen atoms in total. The van der Waals surface area contributed by atoms with E-state index in [1.807, 2.05) is 6.92 Å². The molecule has 0 heterocycles. The highest BCUT2D eigenvalue weighted by molar-refractivity contribution is 5.85. The molecule has 0 amide bonds. The number of nitrogens with one attached hydrogen (secondary N) is 1. The smallest absolute Gasteiger partial charge is 0.0664 e. The molecule has 1 atom stereocenters. The molecule has 0 aliphatic carbocycles. The second-order valence-corrected chi connectivity index (χ2v) is 2.37. The maximum atomic E-state index is 9.13. The standard InChI is InChI=1S/C7H17NO2.ClH/c1-2-3-7(10)6-8-4-5-9;/h7-10H,2-6H2,1H3;1H. The lowest BCUT2D eigenvalue weighted by molar-refractivity contribution is 0.157. The van der Waals surface area contributed by atoms with E-state index in [1.165, 1.54) is 0 Å². The summed E-state index contributed by atoms with van der Waals surface area (Å²) < 4.78 is 0. The summed E-state index contributed by atoms with van der Waals surface area (Å²) in [4.78, 5) is 0. The number of hydrogen-bond donors (Lipinski definition) is 3. The lowest BCUT2D eigenvalue weighted by Gasteiger charge is -2.08. The van der Waals surface area contributed by atoms with Crippen LogP contribution in [0, 0.1) is 0 Å². The van der Waals surface area contributed by atoms with Gasteiger partial charge in [0.05, 0.1) is 12.7 Å². The molecule has 0 spiro atoms. The highest BCUT2D eigenvalue weighted by Crippen LogP contribution is 1.92. The molecule has 0 aliphatic rings. The van der Waals surface area contributed by atoms with Crippen molar-refractivity contribution in [1.29, 1.82) is 0 Å². The largest absolute Gasteiger partial charge is 0.395 e. The number of rotatable bonds is 6. The minimum absolute atomic E-state index is 0. The minimum atomic E-state index is -0.253. The van der Waals surface area contributed by atoms with Crippen LogP contribution in [0.5, 0.6) is 0 Å². The summed E-state index contributed by atoms with van der Waals surface area (Å²) in [6, 6.07) is 0. The van der Waals surface area contributed by atoms with E-state index in [9.17, 15) is 0 Å². The van der Waals surface area contributed by atoms with E-state index in [2.05, 4.69) is 5.32 Å². The summed E-state index contributed by atoms with van der Waals surface area (Å²) >= 11 is 0. The first-order chi connectivity index (χ1) is 4.81. The molecule has 0 aromatic rings. The van der Waals surface area contributed by atoms with Crippen molar-refractivity contribution in [2.24, 2.45) is 0 Å². The van der Waals surface area contributed by atoms with Crippen LogP contribution in [0.25, 0.3) is 0 Å². The first-order valence-corrected chi connectivity index (χ1v) is 3.81. The summed E-state index contributed by atoms with van der Waals surface area (Å²) in [6.07, 6.45) is 1.58. The molecular formula is C7H18ClNO2. The van der Waals surface area contributed by atoms with Gasteiger partial charge in [-0.25, -0.2) is 0 Å². The third-order valence-electron chi connectivity index (χ3n) is 1.29. The second-order valence-electron chi connectivity index (χ2n) is 2.37. The Morgan fingerprint density at radius 1 is 1.45 bits per heavy atom. The minimum Gasteiger partial charge on any atom is -0.395 e. The van der Waals surface area contributed by atoms with E-state index in [0.717, 1.165) is 12.8 Å². The molecule has 0 fully saturated rings. The van der Waals surface area contributed by atoms with Crippen LogP contribution in [0.15, 0.2) is 0 Å². The maximum Gasteiger partial charge on any atom is 0.0664 e. The lowest BCUT2D eigenvalue weighted by atomic mass is 10.2. The van der Waals surface area contributed by atoms with Gasteiger partial charge in [0, 0.05) is 13.1 Å². The summed E-state index contributed by atoms with van der Waals surface area (Å²) in [7, 11) is 0. The third-order valence-corrected chi connectivity index (χ3v) is 1.29. The topological polar surface area (TPSA) is 52.5 Å². The predicted molar refractivity (Wildman–Crippen MR) is 48.1 cm³/mol. The predicted octanol–water partition coefficient (Wildman–Crippen LogP) is 0.151. The summed E-state index contributed by atoms with van der Waals surface area (Å²) in [5.41, 5.74) is 0. The zero-order valence-corrected chi connectivity index (χ0v) is 7.73. The summed E-state index contributed by atoms with van der Waals surface area (Å²) in [5, 5.41) is 20.4. The Labute approximate surface area is 74.2 Å². The second kappa shape index (κ2) is 10.2. The van der Waals surface area contributed by atoms with E-state index in [4.69, 9.17) is 10.2 Å². The number of halogens is 1. The lowest BCUT2D eigenvalue weighted by Crippen LogP contribution is -2.28. The van der Waals surface area contributed by atoms with Gasteiger partial charge in [-0.1, -0.05) is 13.3 Å². The van der Waals surface area contributed by atoms with Crippen molar-refractivity contribution < 1.29 is 10.2 Å². The SMILES string of the molecule is CCCC(O)CNCCO.Cl. The van der Waals surface area contributed by atoms with E-state index >= 15 is 0 Å². The van der Waals surface area contributed by atoms with Gasteiger partial charge in [-0.3, -0.25) is 0 Å². The fourth-order valence-corrected chi connectivity index (χ4v) is 0.783. The Balaban J connectivity index is 0. The molecule has 0 bridgehead atoms.